The molecule has 6 heteroatoms. The average Bonchev–Trinajstić information content (AvgIpc) is 3.00. The third-order valence-corrected chi connectivity index (χ3v) is 4.71. The summed E-state index contributed by atoms with van der Waals surface area (Å²) in [5.41, 5.74) is 1.79. The van der Waals surface area contributed by atoms with Gasteiger partial charge < -0.3 is 24.4 Å². The van der Waals surface area contributed by atoms with E-state index in [9.17, 15) is 4.79 Å². The van der Waals surface area contributed by atoms with Crippen LogP contribution in [-0.4, -0.2) is 55.5 Å². The van der Waals surface area contributed by atoms with Crippen LogP contribution in [0.25, 0.3) is 0 Å². The number of urea groups is 1. The molecule has 2 amide bonds. The third kappa shape index (κ3) is 4.25. The molecule has 1 aromatic rings. The largest absolute Gasteiger partial charge is 0.494 e. The minimum Gasteiger partial charge on any atom is -0.494 e. The summed E-state index contributed by atoms with van der Waals surface area (Å²) in [7, 11) is 0. The molecule has 0 aromatic heterocycles. The summed E-state index contributed by atoms with van der Waals surface area (Å²) in [4.78, 5) is 14.5. The van der Waals surface area contributed by atoms with Crippen molar-refractivity contribution in [3.05, 3.63) is 29.3 Å². The normalized spacial score (nSPS) is 26.0. The molecule has 1 aromatic carbocycles. The zero-order valence-corrected chi connectivity index (χ0v) is 15.3. The number of hydrogen-bond acceptors (Lipinski definition) is 4. The minimum absolute atomic E-state index is 0.0135. The predicted molar refractivity (Wildman–Crippen MR) is 94.9 cm³/mol. The molecule has 0 bridgehead atoms. The maximum Gasteiger partial charge on any atom is 0.317 e. The SMILES string of the molecule is CCOc1cc(C)ccc1CNC(=O)N1CC(C)OC2(CCOC2)C1. The Hall–Kier alpha value is -1.79. The van der Waals surface area contributed by atoms with E-state index < -0.39 is 0 Å². The van der Waals surface area contributed by atoms with Gasteiger partial charge in [-0.15, -0.1) is 0 Å². The van der Waals surface area contributed by atoms with Gasteiger partial charge in [0, 0.05) is 31.7 Å². The lowest BCUT2D eigenvalue weighted by Crippen LogP contribution is -2.58. The van der Waals surface area contributed by atoms with E-state index >= 15 is 0 Å². The lowest BCUT2D eigenvalue weighted by Gasteiger charge is -2.42. The number of ether oxygens (including phenoxy) is 3. The highest BCUT2D eigenvalue weighted by atomic mass is 16.6. The Morgan fingerprint density at radius 3 is 3.04 bits per heavy atom. The number of benzene rings is 1. The van der Waals surface area contributed by atoms with Crippen molar-refractivity contribution in [1.29, 1.82) is 0 Å². The van der Waals surface area contributed by atoms with E-state index in [0.717, 1.165) is 23.3 Å². The van der Waals surface area contributed by atoms with Crippen molar-refractivity contribution in [2.24, 2.45) is 0 Å². The molecule has 1 spiro atoms. The maximum absolute atomic E-state index is 12.7. The molecule has 2 unspecified atom stereocenters. The second kappa shape index (κ2) is 7.62. The third-order valence-electron chi connectivity index (χ3n) is 4.71. The monoisotopic (exact) mass is 348 g/mol. The van der Waals surface area contributed by atoms with Crippen LogP contribution >= 0.6 is 0 Å². The van der Waals surface area contributed by atoms with Gasteiger partial charge in [-0.3, -0.25) is 0 Å². The molecule has 138 valence electrons. The van der Waals surface area contributed by atoms with E-state index in [1.807, 2.05) is 43.9 Å². The number of hydrogen-bond donors (Lipinski definition) is 1. The van der Waals surface area contributed by atoms with Crippen LogP contribution in [0, 0.1) is 6.92 Å². The van der Waals surface area contributed by atoms with Gasteiger partial charge in [0.05, 0.1) is 25.9 Å². The van der Waals surface area contributed by atoms with Crippen LogP contribution in [0.1, 0.15) is 31.4 Å². The number of carbonyl (C=O) groups excluding carboxylic acids is 1. The molecule has 2 atom stereocenters. The molecule has 6 nitrogen and oxygen atoms in total. The van der Waals surface area contributed by atoms with E-state index in [0.29, 0.717) is 39.5 Å². The van der Waals surface area contributed by atoms with Gasteiger partial charge in [-0.05, 0) is 32.4 Å². The Kier molecular flexibility index (Phi) is 5.49. The Labute approximate surface area is 149 Å². The molecule has 2 heterocycles. The molecular weight excluding hydrogens is 320 g/mol. The topological polar surface area (TPSA) is 60.0 Å². The first-order chi connectivity index (χ1) is 12.0. The second-order valence-electron chi connectivity index (χ2n) is 7.00. The van der Waals surface area contributed by atoms with Crippen molar-refractivity contribution < 1.29 is 19.0 Å². The van der Waals surface area contributed by atoms with Crippen molar-refractivity contribution in [2.45, 2.75) is 45.4 Å². The fourth-order valence-corrected chi connectivity index (χ4v) is 3.57. The van der Waals surface area contributed by atoms with Gasteiger partial charge in [0.1, 0.15) is 11.4 Å². The molecule has 2 aliphatic heterocycles. The minimum atomic E-state index is -0.338. The van der Waals surface area contributed by atoms with Crippen molar-refractivity contribution in [2.75, 3.05) is 32.9 Å². The highest BCUT2D eigenvalue weighted by Gasteiger charge is 2.44. The van der Waals surface area contributed by atoms with E-state index in [1.165, 1.54) is 0 Å². The number of nitrogens with one attached hydrogen (secondary N) is 1. The van der Waals surface area contributed by atoms with Crippen LogP contribution < -0.4 is 10.1 Å². The summed E-state index contributed by atoms with van der Waals surface area (Å²) in [6, 6.07) is 5.98. The zero-order valence-electron chi connectivity index (χ0n) is 15.3. The standard InChI is InChI=1S/C19H28N2O4/c1-4-24-17-9-14(2)5-6-16(17)10-20-18(22)21-11-15(3)25-19(12-21)7-8-23-13-19/h5-6,9,15H,4,7-8,10-13H2,1-3H3,(H,20,22). The van der Waals surface area contributed by atoms with E-state index in [4.69, 9.17) is 14.2 Å². The van der Waals surface area contributed by atoms with Gasteiger partial charge in [0.25, 0.3) is 0 Å². The molecule has 2 aliphatic rings. The lowest BCUT2D eigenvalue weighted by molar-refractivity contribution is -0.137. The van der Waals surface area contributed by atoms with E-state index in [2.05, 4.69) is 5.32 Å². The number of nitrogens with zero attached hydrogens (tertiary/aromatic N) is 1. The Bertz CT molecular complexity index is 613. The van der Waals surface area contributed by atoms with Crippen molar-refractivity contribution in [1.82, 2.24) is 10.2 Å². The summed E-state index contributed by atoms with van der Waals surface area (Å²) >= 11 is 0. The Morgan fingerprint density at radius 2 is 2.32 bits per heavy atom. The molecular formula is C19H28N2O4. The van der Waals surface area contributed by atoms with Crippen LogP contribution in [0.15, 0.2) is 18.2 Å². The molecule has 2 fully saturated rings. The van der Waals surface area contributed by atoms with Crippen molar-refractivity contribution in [3.8, 4) is 5.75 Å². The number of amides is 2. The van der Waals surface area contributed by atoms with Gasteiger partial charge in [-0.1, -0.05) is 12.1 Å². The second-order valence-corrected chi connectivity index (χ2v) is 7.00. The molecule has 3 rings (SSSR count). The summed E-state index contributed by atoms with van der Waals surface area (Å²) in [5, 5.41) is 3.02. The van der Waals surface area contributed by atoms with Gasteiger partial charge in [0.2, 0.25) is 0 Å². The summed E-state index contributed by atoms with van der Waals surface area (Å²) in [5.74, 6) is 0.832. The molecule has 25 heavy (non-hydrogen) atoms. The van der Waals surface area contributed by atoms with Crippen LogP contribution in [0.3, 0.4) is 0 Å². The fourth-order valence-electron chi connectivity index (χ4n) is 3.57. The number of rotatable bonds is 4. The Morgan fingerprint density at radius 1 is 1.48 bits per heavy atom. The molecule has 0 saturated carbocycles. The average molecular weight is 348 g/mol. The highest BCUT2D eigenvalue weighted by molar-refractivity contribution is 5.74. The van der Waals surface area contributed by atoms with Gasteiger partial charge in [0.15, 0.2) is 0 Å². The molecule has 1 N–H and O–H groups in total. The highest BCUT2D eigenvalue weighted by Crippen LogP contribution is 2.30. The van der Waals surface area contributed by atoms with E-state index in [1.54, 1.807) is 0 Å². The van der Waals surface area contributed by atoms with Crippen LogP contribution in [-0.2, 0) is 16.0 Å². The van der Waals surface area contributed by atoms with Crippen molar-refractivity contribution in [3.63, 3.8) is 0 Å². The first-order valence-corrected chi connectivity index (χ1v) is 9.02. The van der Waals surface area contributed by atoms with Crippen LogP contribution in [0.2, 0.25) is 0 Å². The smallest absolute Gasteiger partial charge is 0.317 e. The van der Waals surface area contributed by atoms with E-state index in [-0.39, 0.29) is 17.7 Å². The number of carbonyl (C=O) groups is 1. The fraction of sp³-hybridized carbons (Fsp3) is 0.632. The van der Waals surface area contributed by atoms with Crippen LogP contribution in [0.5, 0.6) is 5.75 Å². The molecule has 2 saturated heterocycles. The first kappa shape index (κ1) is 18.0. The van der Waals surface area contributed by atoms with Crippen molar-refractivity contribution >= 4 is 6.03 Å². The van der Waals surface area contributed by atoms with Gasteiger partial charge in [-0.2, -0.15) is 0 Å². The van der Waals surface area contributed by atoms with Gasteiger partial charge >= 0.3 is 6.03 Å². The maximum atomic E-state index is 12.7. The summed E-state index contributed by atoms with van der Waals surface area (Å²) in [6.07, 6.45) is 0.854. The molecule has 0 aliphatic carbocycles. The summed E-state index contributed by atoms with van der Waals surface area (Å²) < 4.78 is 17.3. The lowest BCUT2D eigenvalue weighted by atomic mass is 9.99. The number of morpholine rings is 1. The zero-order chi connectivity index (χ0) is 17.9. The molecule has 0 radical (unpaired) electrons. The number of aryl methyl sites for hydroxylation is 1. The summed E-state index contributed by atoms with van der Waals surface area (Å²) in [6.45, 7) is 9.49. The quantitative estimate of drug-likeness (QED) is 0.908. The first-order valence-electron chi connectivity index (χ1n) is 9.02. The predicted octanol–water partition coefficient (Wildman–Crippen LogP) is 2.48. The van der Waals surface area contributed by atoms with Gasteiger partial charge in [-0.25, -0.2) is 4.79 Å². The van der Waals surface area contributed by atoms with Crippen LogP contribution in [0.4, 0.5) is 4.79 Å². The Balaban J connectivity index is 1.62.